The summed E-state index contributed by atoms with van der Waals surface area (Å²) in [6.07, 6.45) is 4.97. The molecule has 0 spiro atoms. The summed E-state index contributed by atoms with van der Waals surface area (Å²) in [5.74, 6) is 3.01. The number of hydrogen-bond acceptors (Lipinski definition) is 4. The quantitative estimate of drug-likeness (QED) is 0.756. The largest absolute Gasteiger partial charge is 0.493 e. The molecular weight excluding hydrogens is 266 g/mol. The van der Waals surface area contributed by atoms with E-state index in [1.54, 1.807) is 21.3 Å². The molecule has 0 aromatic heterocycles. The molecule has 1 aromatic carbocycles. The summed E-state index contributed by atoms with van der Waals surface area (Å²) in [4.78, 5) is 0. The van der Waals surface area contributed by atoms with E-state index < -0.39 is 0 Å². The maximum Gasteiger partial charge on any atom is 0.203 e. The van der Waals surface area contributed by atoms with E-state index in [0.717, 1.165) is 36.6 Å². The van der Waals surface area contributed by atoms with Gasteiger partial charge in [-0.2, -0.15) is 0 Å². The van der Waals surface area contributed by atoms with Crippen LogP contribution in [-0.4, -0.2) is 27.9 Å². The van der Waals surface area contributed by atoms with Crippen molar-refractivity contribution in [1.29, 1.82) is 0 Å². The van der Waals surface area contributed by atoms with E-state index in [1.807, 2.05) is 6.07 Å². The minimum atomic E-state index is 0.312. The molecule has 0 radical (unpaired) electrons. The van der Waals surface area contributed by atoms with Gasteiger partial charge in [-0.25, -0.2) is 0 Å². The first kappa shape index (κ1) is 16.0. The standard InChI is InChI=1S/C17H27NO3/c1-5-10-18-14(11-12-6-7-12)13-8-9-15(19-2)17(21-4)16(13)20-3/h8-9,12,14,18H,5-7,10-11H2,1-4H3. The van der Waals surface area contributed by atoms with Gasteiger partial charge in [-0.3, -0.25) is 0 Å². The Morgan fingerprint density at radius 1 is 1.10 bits per heavy atom. The Bertz CT molecular complexity index is 458. The van der Waals surface area contributed by atoms with Gasteiger partial charge in [0, 0.05) is 11.6 Å². The van der Waals surface area contributed by atoms with Gasteiger partial charge in [0.15, 0.2) is 11.5 Å². The maximum atomic E-state index is 5.63. The van der Waals surface area contributed by atoms with Crippen LogP contribution in [0.2, 0.25) is 0 Å². The fourth-order valence-electron chi connectivity index (χ4n) is 2.72. The summed E-state index contributed by atoms with van der Waals surface area (Å²) in [6, 6.07) is 4.37. The normalized spacial score (nSPS) is 15.6. The molecular formula is C17H27NO3. The summed E-state index contributed by atoms with van der Waals surface area (Å²) in [7, 11) is 4.99. The third-order valence-electron chi connectivity index (χ3n) is 4.02. The predicted molar refractivity (Wildman–Crippen MR) is 84.5 cm³/mol. The first-order valence-corrected chi connectivity index (χ1v) is 7.77. The fraction of sp³-hybridized carbons (Fsp3) is 0.647. The molecule has 0 amide bonds. The van der Waals surface area contributed by atoms with Crippen LogP contribution >= 0.6 is 0 Å². The lowest BCUT2D eigenvalue weighted by Gasteiger charge is -2.23. The van der Waals surface area contributed by atoms with Crippen molar-refractivity contribution in [1.82, 2.24) is 5.32 Å². The molecule has 118 valence electrons. The molecule has 1 atom stereocenters. The zero-order valence-corrected chi connectivity index (χ0v) is 13.6. The Hall–Kier alpha value is -1.42. The Kier molecular flexibility index (Phi) is 5.74. The van der Waals surface area contributed by atoms with Gasteiger partial charge in [-0.1, -0.05) is 19.8 Å². The number of benzene rings is 1. The van der Waals surface area contributed by atoms with Gasteiger partial charge < -0.3 is 19.5 Å². The van der Waals surface area contributed by atoms with E-state index in [2.05, 4.69) is 18.3 Å². The van der Waals surface area contributed by atoms with Crippen LogP contribution in [0.15, 0.2) is 12.1 Å². The summed E-state index contributed by atoms with van der Waals surface area (Å²) in [5.41, 5.74) is 1.16. The van der Waals surface area contributed by atoms with Crippen molar-refractivity contribution in [2.24, 2.45) is 5.92 Å². The minimum Gasteiger partial charge on any atom is -0.493 e. The molecule has 2 rings (SSSR count). The lowest BCUT2D eigenvalue weighted by atomic mass is 9.99. The third kappa shape index (κ3) is 3.82. The van der Waals surface area contributed by atoms with Gasteiger partial charge in [0.25, 0.3) is 0 Å². The molecule has 0 saturated heterocycles. The average molecular weight is 293 g/mol. The SMILES string of the molecule is CCCNC(CC1CC1)c1ccc(OC)c(OC)c1OC. The number of rotatable bonds is 9. The van der Waals surface area contributed by atoms with Gasteiger partial charge >= 0.3 is 0 Å². The fourth-order valence-corrected chi connectivity index (χ4v) is 2.72. The molecule has 0 aliphatic heterocycles. The van der Waals surface area contributed by atoms with Crippen LogP contribution in [0.25, 0.3) is 0 Å². The predicted octanol–water partition coefficient (Wildman–Crippen LogP) is 3.55. The zero-order chi connectivity index (χ0) is 15.2. The molecule has 0 heterocycles. The Balaban J connectivity index is 2.32. The van der Waals surface area contributed by atoms with E-state index in [-0.39, 0.29) is 0 Å². The summed E-state index contributed by atoms with van der Waals surface area (Å²) in [6.45, 7) is 3.20. The van der Waals surface area contributed by atoms with Crippen LogP contribution < -0.4 is 19.5 Å². The second-order valence-electron chi connectivity index (χ2n) is 5.61. The minimum absolute atomic E-state index is 0.312. The summed E-state index contributed by atoms with van der Waals surface area (Å²) < 4.78 is 16.5. The van der Waals surface area contributed by atoms with Crippen LogP contribution in [-0.2, 0) is 0 Å². The molecule has 1 unspecified atom stereocenters. The van der Waals surface area contributed by atoms with E-state index in [9.17, 15) is 0 Å². The molecule has 1 aliphatic carbocycles. The number of ether oxygens (including phenoxy) is 3. The summed E-state index contributed by atoms with van der Waals surface area (Å²) in [5, 5.41) is 3.64. The smallest absolute Gasteiger partial charge is 0.203 e. The molecule has 1 aromatic rings. The Labute approximate surface area is 127 Å². The lowest BCUT2D eigenvalue weighted by Crippen LogP contribution is -2.23. The van der Waals surface area contributed by atoms with Gasteiger partial charge in [-0.05, 0) is 37.4 Å². The molecule has 1 fully saturated rings. The number of hydrogen-bond donors (Lipinski definition) is 1. The van der Waals surface area contributed by atoms with Crippen molar-refractivity contribution in [2.75, 3.05) is 27.9 Å². The van der Waals surface area contributed by atoms with E-state index in [4.69, 9.17) is 14.2 Å². The highest BCUT2D eigenvalue weighted by Gasteiger charge is 2.29. The maximum absolute atomic E-state index is 5.63. The van der Waals surface area contributed by atoms with Gasteiger partial charge in [0.05, 0.1) is 21.3 Å². The number of methoxy groups -OCH3 is 3. The highest BCUT2D eigenvalue weighted by molar-refractivity contribution is 5.56. The highest BCUT2D eigenvalue weighted by Crippen LogP contribution is 2.45. The highest BCUT2D eigenvalue weighted by atomic mass is 16.5. The van der Waals surface area contributed by atoms with E-state index in [0.29, 0.717) is 17.5 Å². The van der Waals surface area contributed by atoms with Crippen LogP contribution in [0, 0.1) is 5.92 Å². The van der Waals surface area contributed by atoms with Gasteiger partial charge in [0.1, 0.15) is 0 Å². The first-order chi connectivity index (χ1) is 10.2. The Morgan fingerprint density at radius 3 is 2.33 bits per heavy atom. The first-order valence-electron chi connectivity index (χ1n) is 7.77. The van der Waals surface area contributed by atoms with Crippen molar-refractivity contribution in [3.63, 3.8) is 0 Å². The van der Waals surface area contributed by atoms with Gasteiger partial charge in [0.2, 0.25) is 5.75 Å². The van der Waals surface area contributed by atoms with Crippen molar-refractivity contribution >= 4 is 0 Å². The topological polar surface area (TPSA) is 39.7 Å². The van der Waals surface area contributed by atoms with Crippen LogP contribution in [0.5, 0.6) is 17.2 Å². The van der Waals surface area contributed by atoms with Crippen molar-refractivity contribution in [2.45, 2.75) is 38.6 Å². The monoisotopic (exact) mass is 293 g/mol. The molecule has 1 N–H and O–H groups in total. The molecule has 1 saturated carbocycles. The van der Waals surface area contributed by atoms with Crippen molar-refractivity contribution in [3.8, 4) is 17.2 Å². The second kappa shape index (κ2) is 7.55. The number of nitrogens with one attached hydrogen (secondary N) is 1. The lowest BCUT2D eigenvalue weighted by molar-refractivity contribution is 0.317. The molecule has 4 heteroatoms. The third-order valence-corrected chi connectivity index (χ3v) is 4.02. The molecule has 21 heavy (non-hydrogen) atoms. The van der Waals surface area contributed by atoms with E-state index >= 15 is 0 Å². The molecule has 4 nitrogen and oxygen atoms in total. The zero-order valence-electron chi connectivity index (χ0n) is 13.6. The van der Waals surface area contributed by atoms with Crippen LogP contribution in [0.4, 0.5) is 0 Å². The van der Waals surface area contributed by atoms with Crippen LogP contribution in [0.3, 0.4) is 0 Å². The van der Waals surface area contributed by atoms with E-state index in [1.165, 1.54) is 12.8 Å². The average Bonchev–Trinajstić information content (AvgIpc) is 3.33. The molecule has 1 aliphatic rings. The van der Waals surface area contributed by atoms with Crippen molar-refractivity contribution < 1.29 is 14.2 Å². The van der Waals surface area contributed by atoms with Gasteiger partial charge in [-0.15, -0.1) is 0 Å². The van der Waals surface area contributed by atoms with Crippen LogP contribution in [0.1, 0.15) is 44.2 Å². The molecule has 0 bridgehead atoms. The Morgan fingerprint density at radius 2 is 1.81 bits per heavy atom. The summed E-state index contributed by atoms with van der Waals surface area (Å²) >= 11 is 0. The second-order valence-corrected chi connectivity index (χ2v) is 5.61. The van der Waals surface area contributed by atoms with Crippen molar-refractivity contribution in [3.05, 3.63) is 17.7 Å².